The van der Waals surface area contributed by atoms with Gasteiger partial charge in [0.2, 0.25) is 0 Å². The van der Waals surface area contributed by atoms with Gasteiger partial charge in [0.25, 0.3) is 0 Å². The highest BCUT2D eigenvalue weighted by Crippen LogP contribution is 2.21. The third-order valence-corrected chi connectivity index (χ3v) is 4.10. The van der Waals surface area contributed by atoms with Gasteiger partial charge in [-0.05, 0) is 30.2 Å². The number of rotatable bonds is 5. The molecule has 1 aliphatic heterocycles. The highest BCUT2D eigenvalue weighted by molar-refractivity contribution is 5.50. The molecule has 1 aromatic heterocycles. The Hall–Kier alpha value is -2.11. The maximum absolute atomic E-state index is 9.24. The lowest BCUT2D eigenvalue weighted by Gasteiger charge is -2.28. The van der Waals surface area contributed by atoms with Crippen LogP contribution in [0.2, 0.25) is 0 Å². The van der Waals surface area contributed by atoms with Crippen LogP contribution >= 0.6 is 0 Å². The molecule has 0 saturated carbocycles. The van der Waals surface area contributed by atoms with E-state index >= 15 is 0 Å². The van der Waals surface area contributed by atoms with Gasteiger partial charge in [0, 0.05) is 19.1 Å². The number of nitrogens with one attached hydrogen (secondary N) is 1. The number of aromatic nitrogens is 1. The number of benzene rings is 1. The normalized spacial score (nSPS) is 16.2. The fraction of sp³-hybridized carbons (Fsp3) is 0.389. The molecule has 1 saturated heterocycles. The lowest BCUT2D eigenvalue weighted by molar-refractivity contribution is 0.122. The van der Waals surface area contributed by atoms with E-state index < -0.39 is 0 Å². The van der Waals surface area contributed by atoms with E-state index in [9.17, 15) is 5.11 Å². The Labute approximate surface area is 136 Å². The standard InChI is InChI=1S/C18H23N3O2/c1-14(16-4-2-3-15(11-16)13-22)20-17-5-6-18(19-12-17)21-7-9-23-10-8-21/h2-6,11-12,14,20,22H,7-10,13H2,1H3. The monoisotopic (exact) mass is 313 g/mol. The van der Waals surface area contributed by atoms with Crippen LogP contribution in [0.3, 0.4) is 0 Å². The van der Waals surface area contributed by atoms with Gasteiger partial charge in [-0.15, -0.1) is 0 Å². The van der Waals surface area contributed by atoms with E-state index in [0.717, 1.165) is 48.9 Å². The summed E-state index contributed by atoms with van der Waals surface area (Å²) in [6.45, 7) is 5.48. The summed E-state index contributed by atoms with van der Waals surface area (Å²) in [4.78, 5) is 6.79. The van der Waals surface area contributed by atoms with Crippen LogP contribution in [0.15, 0.2) is 42.6 Å². The quantitative estimate of drug-likeness (QED) is 0.888. The van der Waals surface area contributed by atoms with Crippen LogP contribution in [0.4, 0.5) is 11.5 Å². The van der Waals surface area contributed by atoms with Gasteiger partial charge in [-0.25, -0.2) is 4.98 Å². The molecule has 1 aromatic carbocycles. The zero-order chi connectivity index (χ0) is 16.1. The fourth-order valence-electron chi connectivity index (χ4n) is 2.75. The predicted octanol–water partition coefficient (Wildman–Crippen LogP) is 2.58. The highest BCUT2D eigenvalue weighted by Gasteiger charge is 2.12. The fourth-order valence-corrected chi connectivity index (χ4v) is 2.75. The van der Waals surface area contributed by atoms with Crippen LogP contribution in [0, 0.1) is 0 Å². The molecule has 1 atom stereocenters. The van der Waals surface area contributed by atoms with Crippen molar-refractivity contribution in [3.8, 4) is 0 Å². The van der Waals surface area contributed by atoms with Gasteiger partial charge in [0.15, 0.2) is 0 Å². The molecule has 5 nitrogen and oxygen atoms in total. The number of hydrogen-bond donors (Lipinski definition) is 2. The molecule has 1 unspecified atom stereocenters. The smallest absolute Gasteiger partial charge is 0.128 e. The van der Waals surface area contributed by atoms with Crippen molar-refractivity contribution >= 4 is 11.5 Å². The first-order valence-corrected chi connectivity index (χ1v) is 8.01. The van der Waals surface area contributed by atoms with E-state index in [1.165, 1.54) is 0 Å². The van der Waals surface area contributed by atoms with Crippen LogP contribution < -0.4 is 10.2 Å². The van der Waals surface area contributed by atoms with E-state index in [0.29, 0.717) is 0 Å². The largest absolute Gasteiger partial charge is 0.392 e. The third kappa shape index (κ3) is 4.00. The van der Waals surface area contributed by atoms with E-state index in [4.69, 9.17) is 4.74 Å². The lowest BCUT2D eigenvalue weighted by atomic mass is 10.1. The molecular formula is C18H23N3O2. The first-order valence-electron chi connectivity index (χ1n) is 8.01. The summed E-state index contributed by atoms with van der Waals surface area (Å²) < 4.78 is 5.37. The van der Waals surface area contributed by atoms with Crippen molar-refractivity contribution in [2.45, 2.75) is 19.6 Å². The molecule has 23 heavy (non-hydrogen) atoms. The molecular weight excluding hydrogens is 290 g/mol. The molecule has 2 N–H and O–H groups in total. The Balaban J connectivity index is 1.65. The molecule has 122 valence electrons. The first kappa shape index (κ1) is 15.8. The average Bonchev–Trinajstić information content (AvgIpc) is 2.63. The predicted molar refractivity (Wildman–Crippen MR) is 91.7 cm³/mol. The summed E-state index contributed by atoms with van der Waals surface area (Å²) in [5, 5.41) is 12.7. The molecule has 2 aromatic rings. The average molecular weight is 313 g/mol. The maximum atomic E-state index is 9.24. The summed E-state index contributed by atoms with van der Waals surface area (Å²) in [6.07, 6.45) is 1.87. The molecule has 5 heteroatoms. The van der Waals surface area contributed by atoms with Gasteiger partial charge in [0.1, 0.15) is 5.82 Å². The van der Waals surface area contributed by atoms with Crippen molar-refractivity contribution in [2.75, 3.05) is 36.5 Å². The molecule has 1 fully saturated rings. The number of morpholine rings is 1. The van der Waals surface area contributed by atoms with Crippen LogP contribution in [-0.2, 0) is 11.3 Å². The Morgan fingerprint density at radius 3 is 2.78 bits per heavy atom. The lowest BCUT2D eigenvalue weighted by Crippen LogP contribution is -2.36. The highest BCUT2D eigenvalue weighted by atomic mass is 16.5. The van der Waals surface area contributed by atoms with E-state index in [1.807, 2.05) is 30.5 Å². The molecule has 2 heterocycles. The SMILES string of the molecule is CC(Nc1ccc(N2CCOCC2)nc1)c1cccc(CO)c1. The van der Waals surface area contributed by atoms with E-state index in [1.54, 1.807) is 0 Å². The molecule has 0 amide bonds. The molecule has 3 rings (SSSR count). The Kier molecular flexibility index (Phi) is 5.10. The van der Waals surface area contributed by atoms with Crippen molar-refractivity contribution in [3.05, 3.63) is 53.7 Å². The number of hydrogen-bond acceptors (Lipinski definition) is 5. The van der Waals surface area contributed by atoms with Crippen LogP contribution in [-0.4, -0.2) is 36.4 Å². The number of aliphatic hydroxyl groups is 1. The maximum Gasteiger partial charge on any atom is 0.128 e. The summed E-state index contributed by atoms with van der Waals surface area (Å²) in [5.41, 5.74) is 3.06. The van der Waals surface area contributed by atoms with Gasteiger partial charge in [-0.3, -0.25) is 0 Å². The van der Waals surface area contributed by atoms with Crippen molar-refractivity contribution < 1.29 is 9.84 Å². The summed E-state index contributed by atoms with van der Waals surface area (Å²) in [5.74, 6) is 0.994. The summed E-state index contributed by atoms with van der Waals surface area (Å²) in [7, 11) is 0. The van der Waals surface area contributed by atoms with Crippen LogP contribution in [0.5, 0.6) is 0 Å². The van der Waals surface area contributed by atoms with Gasteiger partial charge in [-0.2, -0.15) is 0 Å². The number of anilines is 2. The summed E-state index contributed by atoms with van der Waals surface area (Å²) >= 11 is 0. The Morgan fingerprint density at radius 2 is 2.09 bits per heavy atom. The zero-order valence-electron chi connectivity index (χ0n) is 13.4. The number of ether oxygens (including phenoxy) is 1. The number of aliphatic hydroxyl groups excluding tert-OH is 1. The minimum Gasteiger partial charge on any atom is -0.392 e. The van der Waals surface area contributed by atoms with Crippen molar-refractivity contribution in [3.63, 3.8) is 0 Å². The zero-order valence-corrected chi connectivity index (χ0v) is 13.4. The second-order valence-electron chi connectivity index (χ2n) is 5.77. The topological polar surface area (TPSA) is 57.6 Å². The second-order valence-corrected chi connectivity index (χ2v) is 5.77. The summed E-state index contributed by atoms with van der Waals surface area (Å²) in [6, 6.07) is 12.2. The second kappa shape index (κ2) is 7.44. The molecule has 0 radical (unpaired) electrons. The number of nitrogens with zero attached hydrogens (tertiary/aromatic N) is 2. The van der Waals surface area contributed by atoms with Gasteiger partial charge in [0.05, 0.1) is 31.7 Å². The van der Waals surface area contributed by atoms with Gasteiger partial charge >= 0.3 is 0 Å². The van der Waals surface area contributed by atoms with Crippen LogP contribution in [0.1, 0.15) is 24.1 Å². The minimum atomic E-state index is 0.0658. The van der Waals surface area contributed by atoms with Gasteiger partial charge in [-0.1, -0.05) is 24.3 Å². The molecule has 0 spiro atoms. The molecule has 0 bridgehead atoms. The van der Waals surface area contributed by atoms with Gasteiger partial charge < -0.3 is 20.1 Å². The first-order chi connectivity index (χ1) is 11.3. The van der Waals surface area contributed by atoms with E-state index in [2.05, 4.69) is 34.3 Å². The Bertz CT molecular complexity index is 624. The van der Waals surface area contributed by atoms with Crippen LogP contribution in [0.25, 0.3) is 0 Å². The molecule has 0 aliphatic carbocycles. The van der Waals surface area contributed by atoms with Crippen molar-refractivity contribution in [1.82, 2.24) is 4.98 Å². The third-order valence-electron chi connectivity index (χ3n) is 4.10. The van der Waals surface area contributed by atoms with Crippen molar-refractivity contribution in [2.24, 2.45) is 0 Å². The van der Waals surface area contributed by atoms with Crippen molar-refractivity contribution in [1.29, 1.82) is 0 Å². The van der Waals surface area contributed by atoms with E-state index in [-0.39, 0.29) is 12.6 Å². The minimum absolute atomic E-state index is 0.0658. The molecule has 1 aliphatic rings. The number of pyridine rings is 1. The Morgan fingerprint density at radius 1 is 1.26 bits per heavy atom.